The summed E-state index contributed by atoms with van der Waals surface area (Å²) in [5.41, 5.74) is 0.0329. The minimum atomic E-state index is -0.0868. The Morgan fingerprint density at radius 2 is 2.44 bits per heavy atom. The Hall–Kier alpha value is -0.650. The molecule has 1 saturated heterocycles. The first-order valence-electron chi connectivity index (χ1n) is 5.99. The normalized spacial score (nSPS) is 22.0. The number of carbonyl (C=O) groups excluding carboxylic acids is 1. The fraction of sp³-hybridized carbons (Fsp3) is 0.667. The van der Waals surface area contributed by atoms with Gasteiger partial charge in [-0.3, -0.25) is 4.79 Å². The predicted octanol–water partition coefficient (Wildman–Crippen LogP) is 1.96. The minimum Gasteiger partial charge on any atom is -0.348 e. The Labute approximate surface area is 118 Å². The van der Waals surface area contributed by atoms with Gasteiger partial charge in [0.05, 0.1) is 12.6 Å². The first kappa shape index (κ1) is 15.4. The van der Waals surface area contributed by atoms with Gasteiger partial charge in [0.1, 0.15) is 5.01 Å². The average molecular weight is 290 g/mol. The van der Waals surface area contributed by atoms with Gasteiger partial charge in [0.2, 0.25) is 5.91 Å². The molecule has 0 aromatic carbocycles. The maximum absolute atomic E-state index is 12.1. The number of carbonyl (C=O) groups is 1. The highest BCUT2D eigenvalue weighted by molar-refractivity contribution is 7.09. The van der Waals surface area contributed by atoms with E-state index in [-0.39, 0.29) is 29.8 Å². The molecule has 1 aromatic heterocycles. The van der Waals surface area contributed by atoms with Gasteiger partial charge in [-0.1, -0.05) is 13.8 Å². The maximum atomic E-state index is 12.1. The summed E-state index contributed by atoms with van der Waals surface area (Å²) in [4.78, 5) is 16.3. The summed E-state index contributed by atoms with van der Waals surface area (Å²) >= 11 is 1.57. The third-order valence-electron chi connectivity index (χ3n) is 3.29. The summed E-state index contributed by atoms with van der Waals surface area (Å²) in [6, 6.07) is -0.0868. The molecule has 0 spiro atoms. The van der Waals surface area contributed by atoms with E-state index in [1.807, 2.05) is 5.38 Å². The molecule has 1 amide bonds. The van der Waals surface area contributed by atoms with Gasteiger partial charge in [0, 0.05) is 11.6 Å². The van der Waals surface area contributed by atoms with E-state index >= 15 is 0 Å². The third kappa shape index (κ3) is 3.67. The highest BCUT2D eigenvalue weighted by atomic mass is 35.5. The molecule has 1 fully saturated rings. The van der Waals surface area contributed by atoms with Crippen molar-refractivity contribution < 1.29 is 4.79 Å². The molecule has 2 rings (SSSR count). The van der Waals surface area contributed by atoms with E-state index in [0.29, 0.717) is 6.54 Å². The van der Waals surface area contributed by atoms with Crippen LogP contribution in [0.2, 0.25) is 0 Å². The van der Waals surface area contributed by atoms with Gasteiger partial charge in [-0.2, -0.15) is 0 Å². The predicted molar refractivity (Wildman–Crippen MR) is 76.0 cm³/mol. The highest BCUT2D eigenvalue weighted by Gasteiger charge is 2.36. The van der Waals surface area contributed by atoms with Crippen molar-refractivity contribution >= 4 is 29.7 Å². The topological polar surface area (TPSA) is 54.0 Å². The van der Waals surface area contributed by atoms with Crippen LogP contribution in [0.1, 0.15) is 31.7 Å². The number of piperidine rings is 1. The quantitative estimate of drug-likeness (QED) is 0.894. The van der Waals surface area contributed by atoms with Crippen molar-refractivity contribution in [3.05, 3.63) is 16.6 Å². The third-order valence-corrected chi connectivity index (χ3v) is 4.07. The van der Waals surface area contributed by atoms with E-state index in [1.54, 1.807) is 17.5 Å². The van der Waals surface area contributed by atoms with Gasteiger partial charge in [-0.15, -0.1) is 23.7 Å². The molecule has 1 aromatic rings. The molecular weight excluding hydrogens is 270 g/mol. The summed E-state index contributed by atoms with van der Waals surface area (Å²) in [5, 5.41) is 9.14. The molecule has 0 radical (unpaired) electrons. The number of nitrogens with zero attached hydrogens (tertiary/aromatic N) is 1. The van der Waals surface area contributed by atoms with Crippen LogP contribution in [0.3, 0.4) is 0 Å². The fourth-order valence-electron chi connectivity index (χ4n) is 2.26. The lowest BCUT2D eigenvalue weighted by Crippen LogP contribution is -2.55. The van der Waals surface area contributed by atoms with Gasteiger partial charge >= 0.3 is 0 Å². The molecule has 1 aliphatic rings. The van der Waals surface area contributed by atoms with Crippen LogP contribution >= 0.6 is 23.7 Å². The first-order chi connectivity index (χ1) is 8.09. The van der Waals surface area contributed by atoms with Gasteiger partial charge in [0.15, 0.2) is 0 Å². The number of hydrogen-bond acceptors (Lipinski definition) is 4. The van der Waals surface area contributed by atoms with E-state index in [2.05, 4.69) is 29.5 Å². The molecule has 18 heavy (non-hydrogen) atoms. The van der Waals surface area contributed by atoms with Crippen molar-refractivity contribution in [2.75, 3.05) is 6.54 Å². The summed E-state index contributed by atoms with van der Waals surface area (Å²) in [6.45, 7) is 5.75. The minimum absolute atomic E-state index is 0. The zero-order valence-corrected chi connectivity index (χ0v) is 12.4. The molecule has 0 bridgehead atoms. The second-order valence-corrected chi connectivity index (χ2v) is 6.10. The Morgan fingerprint density at radius 1 is 1.67 bits per heavy atom. The lowest BCUT2D eigenvalue weighted by Gasteiger charge is -2.38. The van der Waals surface area contributed by atoms with Gasteiger partial charge < -0.3 is 10.6 Å². The number of hydrogen-bond donors (Lipinski definition) is 2. The van der Waals surface area contributed by atoms with Crippen LogP contribution in [0.4, 0.5) is 0 Å². The van der Waals surface area contributed by atoms with Crippen molar-refractivity contribution in [1.82, 2.24) is 15.6 Å². The lowest BCUT2D eigenvalue weighted by atomic mass is 9.77. The maximum Gasteiger partial charge on any atom is 0.238 e. The monoisotopic (exact) mass is 289 g/mol. The average Bonchev–Trinajstić information content (AvgIpc) is 2.78. The van der Waals surface area contributed by atoms with Crippen molar-refractivity contribution in [3.8, 4) is 0 Å². The Kier molecular flexibility index (Phi) is 5.56. The molecule has 1 unspecified atom stereocenters. The van der Waals surface area contributed by atoms with Gasteiger partial charge in [0.25, 0.3) is 0 Å². The van der Waals surface area contributed by atoms with Crippen molar-refractivity contribution in [1.29, 1.82) is 0 Å². The van der Waals surface area contributed by atoms with Crippen molar-refractivity contribution in [3.63, 3.8) is 0 Å². The van der Waals surface area contributed by atoms with Crippen LogP contribution in [0.5, 0.6) is 0 Å². The van der Waals surface area contributed by atoms with E-state index < -0.39 is 0 Å². The molecule has 0 aliphatic carbocycles. The molecular formula is C12H20ClN3OS. The summed E-state index contributed by atoms with van der Waals surface area (Å²) < 4.78 is 0. The molecule has 1 atom stereocenters. The number of halogens is 1. The molecule has 6 heteroatoms. The Morgan fingerprint density at radius 3 is 3.06 bits per heavy atom. The molecule has 102 valence electrons. The van der Waals surface area contributed by atoms with Crippen LogP contribution in [0.15, 0.2) is 11.6 Å². The number of rotatable bonds is 3. The molecule has 4 nitrogen and oxygen atoms in total. The number of amides is 1. The first-order valence-corrected chi connectivity index (χ1v) is 6.87. The highest BCUT2D eigenvalue weighted by Crippen LogP contribution is 2.30. The largest absolute Gasteiger partial charge is 0.348 e. The SMILES string of the molecule is CC1(C)CCCNC1C(=O)NCc1nccs1.Cl. The molecule has 1 aliphatic heterocycles. The number of aromatic nitrogens is 1. The summed E-state index contributed by atoms with van der Waals surface area (Å²) in [5.74, 6) is 0.0879. The van der Waals surface area contributed by atoms with Crippen LogP contribution in [0.25, 0.3) is 0 Å². The zero-order chi connectivity index (χ0) is 12.3. The van der Waals surface area contributed by atoms with E-state index in [9.17, 15) is 4.79 Å². The van der Waals surface area contributed by atoms with E-state index in [0.717, 1.165) is 24.4 Å². The van der Waals surface area contributed by atoms with E-state index in [4.69, 9.17) is 0 Å². The summed E-state index contributed by atoms with van der Waals surface area (Å²) in [7, 11) is 0. The van der Waals surface area contributed by atoms with Gasteiger partial charge in [-0.05, 0) is 24.8 Å². The van der Waals surface area contributed by atoms with Crippen LogP contribution < -0.4 is 10.6 Å². The number of nitrogens with one attached hydrogen (secondary N) is 2. The van der Waals surface area contributed by atoms with Gasteiger partial charge in [-0.25, -0.2) is 4.98 Å². The summed E-state index contributed by atoms with van der Waals surface area (Å²) in [6.07, 6.45) is 3.99. The molecule has 2 N–H and O–H groups in total. The van der Waals surface area contributed by atoms with Crippen molar-refractivity contribution in [2.45, 2.75) is 39.3 Å². The lowest BCUT2D eigenvalue weighted by molar-refractivity contribution is -0.126. The van der Waals surface area contributed by atoms with E-state index in [1.165, 1.54) is 0 Å². The van der Waals surface area contributed by atoms with Crippen LogP contribution in [-0.2, 0) is 11.3 Å². The second-order valence-electron chi connectivity index (χ2n) is 5.12. The fourth-order valence-corrected chi connectivity index (χ4v) is 2.82. The molecule has 2 heterocycles. The second kappa shape index (κ2) is 6.50. The van der Waals surface area contributed by atoms with Crippen LogP contribution in [-0.4, -0.2) is 23.5 Å². The standard InChI is InChI=1S/C12H19N3OS.ClH/c1-12(2)4-3-5-14-10(12)11(16)15-8-9-13-6-7-17-9;/h6-7,10,14H,3-5,8H2,1-2H3,(H,15,16);1H. The Bertz CT molecular complexity index is 381. The molecule has 0 saturated carbocycles. The number of thiazole rings is 1. The van der Waals surface area contributed by atoms with Crippen molar-refractivity contribution in [2.24, 2.45) is 5.41 Å². The smallest absolute Gasteiger partial charge is 0.238 e. The van der Waals surface area contributed by atoms with Crippen LogP contribution in [0, 0.1) is 5.41 Å². The Balaban J connectivity index is 0.00000162. The zero-order valence-electron chi connectivity index (χ0n) is 10.7.